The molecule has 0 bridgehead atoms. The minimum Gasteiger partial charge on any atom is -0.480 e. The summed E-state index contributed by atoms with van der Waals surface area (Å²) in [7, 11) is 0. The number of nitrogens with one attached hydrogen (secondary N) is 1. The molecule has 1 aromatic heterocycles. The molecule has 0 spiro atoms. The van der Waals surface area contributed by atoms with Crippen LogP contribution in [-0.4, -0.2) is 44.7 Å². The molecule has 1 aliphatic heterocycles. The van der Waals surface area contributed by atoms with Gasteiger partial charge in [0, 0.05) is 13.1 Å². The number of piperidine rings is 1. The molecule has 22 heavy (non-hydrogen) atoms. The van der Waals surface area contributed by atoms with Crippen molar-refractivity contribution in [2.75, 3.05) is 19.6 Å². The molecule has 0 atom stereocenters. The van der Waals surface area contributed by atoms with Crippen molar-refractivity contribution in [1.29, 1.82) is 5.41 Å². The number of carboxylic acids is 1. The SMILES string of the molecule is N=c1n(CCN2CCCCC2)c2ccccc2n1CC(=O)O. The highest BCUT2D eigenvalue weighted by Crippen LogP contribution is 2.14. The number of aromatic nitrogens is 2. The van der Waals surface area contributed by atoms with E-state index >= 15 is 0 Å². The van der Waals surface area contributed by atoms with Crippen LogP contribution in [0.15, 0.2) is 24.3 Å². The van der Waals surface area contributed by atoms with Crippen molar-refractivity contribution in [3.8, 4) is 0 Å². The first kappa shape index (κ1) is 14.8. The van der Waals surface area contributed by atoms with E-state index in [4.69, 9.17) is 10.5 Å². The molecule has 6 nitrogen and oxygen atoms in total. The number of carboxylic acid groups (broad SMARTS) is 1. The fraction of sp³-hybridized carbons (Fsp3) is 0.500. The van der Waals surface area contributed by atoms with Gasteiger partial charge in [-0.15, -0.1) is 0 Å². The minimum atomic E-state index is -0.919. The second kappa shape index (κ2) is 6.36. The summed E-state index contributed by atoms with van der Waals surface area (Å²) in [6, 6.07) is 7.66. The third-order valence-corrected chi connectivity index (χ3v) is 4.36. The molecule has 0 radical (unpaired) electrons. The van der Waals surface area contributed by atoms with E-state index in [9.17, 15) is 4.79 Å². The lowest BCUT2D eigenvalue weighted by Gasteiger charge is -2.26. The predicted octanol–water partition coefficient (Wildman–Crippen LogP) is 1.49. The number of carbonyl (C=O) groups is 1. The van der Waals surface area contributed by atoms with Crippen LogP contribution >= 0.6 is 0 Å². The number of rotatable bonds is 5. The van der Waals surface area contributed by atoms with E-state index in [1.54, 1.807) is 4.57 Å². The molecule has 3 rings (SSSR count). The Balaban J connectivity index is 1.89. The minimum absolute atomic E-state index is 0.171. The Labute approximate surface area is 129 Å². The monoisotopic (exact) mass is 302 g/mol. The van der Waals surface area contributed by atoms with E-state index in [-0.39, 0.29) is 12.2 Å². The quantitative estimate of drug-likeness (QED) is 0.879. The fourth-order valence-corrected chi connectivity index (χ4v) is 3.24. The molecular formula is C16H22N4O2. The van der Waals surface area contributed by atoms with Crippen LogP contribution in [0.3, 0.4) is 0 Å². The first-order valence-corrected chi connectivity index (χ1v) is 7.83. The number of para-hydroxylation sites is 2. The summed E-state index contributed by atoms with van der Waals surface area (Å²) in [6.07, 6.45) is 3.81. The Hall–Kier alpha value is -2.08. The molecule has 1 saturated heterocycles. The van der Waals surface area contributed by atoms with Gasteiger partial charge in [0.25, 0.3) is 0 Å². The summed E-state index contributed by atoms with van der Waals surface area (Å²) in [6.45, 7) is 3.73. The summed E-state index contributed by atoms with van der Waals surface area (Å²) in [4.78, 5) is 13.5. The Morgan fingerprint density at radius 2 is 1.68 bits per heavy atom. The predicted molar refractivity (Wildman–Crippen MR) is 83.7 cm³/mol. The van der Waals surface area contributed by atoms with Crippen molar-refractivity contribution in [2.24, 2.45) is 0 Å². The van der Waals surface area contributed by atoms with E-state index in [0.717, 1.165) is 37.2 Å². The van der Waals surface area contributed by atoms with Gasteiger partial charge in [-0.05, 0) is 38.1 Å². The Bertz CT molecular complexity index is 725. The summed E-state index contributed by atoms with van der Waals surface area (Å²) in [5.41, 5.74) is 2.01. The van der Waals surface area contributed by atoms with Crippen molar-refractivity contribution >= 4 is 17.0 Å². The maximum absolute atomic E-state index is 11.1. The molecular weight excluding hydrogens is 280 g/mol. The lowest BCUT2D eigenvalue weighted by Crippen LogP contribution is -2.35. The zero-order chi connectivity index (χ0) is 15.5. The van der Waals surface area contributed by atoms with E-state index in [1.807, 2.05) is 28.8 Å². The van der Waals surface area contributed by atoms with Crippen LogP contribution in [0.5, 0.6) is 0 Å². The second-order valence-electron chi connectivity index (χ2n) is 5.85. The van der Waals surface area contributed by atoms with Gasteiger partial charge in [-0.2, -0.15) is 0 Å². The van der Waals surface area contributed by atoms with Gasteiger partial charge in [0.2, 0.25) is 5.62 Å². The van der Waals surface area contributed by atoms with Gasteiger partial charge in [-0.3, -0.25) is 14.8 Å². The number of hydrogen-bond acceptors (Lipinski definition) is 3. The Kier molecular flexibility index (Phi) is 4.29. The van der Waals surface area contributed by atoms with Gasteiger partial charge in [-0.1, -0.05) is 18.6 Å². The van der Waals surface area contributed by atoms with Crippen molar-refractivity contribution in [1.82, 2.24) is 14.0 Å². The molecule has 0 aliphatic carbocycles. The lowest BCUT2D eigenvalue weighted by atomic mass is 10.1. The average Bonchev–Trinajstić information content (AvgIpc) is 2.78. The van der Waals surface area contributed by atoms with Crippen LogP contribution in [0.2, 0.25) is 0 Å². The highest BCUT2D eigenvalue weighted by molar-refractivity contribution is 5.78. The lowest BCUT2D eigenvalue weighted by molar-refractivity contribution is -0.137. The largest absolute Gasteiger partial charge is 0.480 e. The molecule has 0 amide bonds. The highest BCUT2D eigenvalue weighted by Gasteiger charge is 2.14. The standard InChI is InChI=1S/C16H22N4O2/c17-16-19(11-10-18-8-4-1-5-9-18)13-6-2-3-7-14(13)20(16)12-15(21)22/h2-3,6-7,17H,1,4-5,8-12H2,(H,21,22). The molecule has 0 unspecified atom stereocenters. The Morgan fingerprint density at radius 1 is 1.05 bits per heavy atom. The van der Waals surface area contributed by atoms with Gasteiger partial charge in [0.1, 0.15) is 6.54 Å². The summed E-state index contributed by atoms with van der Waals surface area (Å²) in [5, 5.41) is 17.4. The number of likely N-dealkylation sites (tertiary alicyclic amines) is 1. The first-order chi connectivity index (χ1) is 10.7. The molecule has 0 saturated carbocycles. The zero-order valence-electron chi connectivity index (χ0n) is 12.7. The normalized spacial score (nSPS) is 16.2. The van der Waals surface area contributed by atoms with Crippen molar-refractivity contribution in [3.05, 3.63) is 29.9 Å². The molecule has 118 valence electrons. The van der Waals surface area contributed by atoms with E-state index in [2.05, 4.69) is 4.90 Å². The molecule has 1 aliphatic rings. The van der Waals surface area contributed by atoms with E-state index in [1.165, 1.54) is 19.3 Å². The van der Waals surface area contributed by atoms with Crippen LogP contribution in [0.4, 0.5) is 0 Å². The smallest absolute Gasteiger partial charge is 0.323 e. The van der Waals surface area contributed by atoms with Crippen molar-refractivity contribution in [3.63, 3.8) is 0 Å². The van der Waals surface area contributed by atoms with Gasteiger partial charge >= 0.3 is 5.97 Å². The van der Waals surface area contributed by atoms with Gasteiger partial charge in [0.05, 0.1) is 11.0 Å². The second-order valence-corrected chi connectivity index (χ2v) is 5.85. The van der Waals surface area contributed by atoms with Crippen molar-refractivity contribution < 1.29 is 9.90 Å². The molecule has 1 aromatic carbocycles. The molecule has 2 heterocycles. The first-order valence-electron chi connectivity index (χ1n) is 7.83. The number of hydrogen-bond donors (Lipinski definition) is 2. The number of nitrogens with zero attached hydrogens (tertiary/aromatic N) is 3. The van der Waals surface area contributed by atoms with Gasteiger partial charge in [-0.25, -0.2) is 0 Å². The number of benzene rings is 1. The average molecular weight is 302 g/mol. The van der Waals surface area contributed by atoms with Crippen LogP contribution in [-0.2, 0) is 17.9 Å². The zero-order valence-corrected chi connectivity index (χ0v) is 12.7. The summed E-state index contributed by atoms with van der Waals surface area (Å²) in [5.74, 6) is -0.919. The number of aliphatic carboxylic acids is 1. The Morgan fingerprint density at radius 3 is 2.32 bits per heavy atom. The molecule has 2 N–H and O–H groups in total. The topological polar surface area (TPSA) is 74.2 Å². The third-order valence-electron chi connectivity index (χ3n) is 4.36. The van der Waals surface area contributed by atoms with Crippen LogP contribution < -0.4 is 5.62 Å². The highest BCUT2D eigenvalue weighted by atomic mass is 16.4. The third kappa shape index (κ3) is 2.92. The summed E-state index contributed by atoms with van der Waals surface area (Å²) < 4.78 is 3.49. The van der Waals surface area contributed by atoms with E-state index < -0.39 is 5.97 Å². The fourth-order valence-electron chi connectivity index (χ4n) is 3.24. The van der Waals surface area contributed by atoms with Crippen molar-refractivity contribution in [2.45, 2.75) is 32.4 Å². The number of imidazole rings is 1. The van der Waals surface area contributed by atoms with Gasteiger partial charge in [0.15, 0.2) is 0 Å². The molecule has 2 aromatic rings. The van der Waals surface area contributed by atoms with Crippen LogP contribution in [0.25, 0.3) is 11.0 Å². The number of fused-ring (bicyclic) bond motifs is 1. The molecule has 1 fully saturated rings. The van der Waals surface area contributed by atoms with Crippen LogP contribution in [0.1, 0.15) is 19.3 Å². The van der Waals surface area contributed by atoms with Gasteiger partial charge < -0.3 is 14.6 Å². The maximum atomic E-state index is 11.1. The summed E-state index contributed by atoms with van der Waals surface area (Å²) >= 11 is 0. The van der Waals surface area contributed by atoms with E-state index in [0.29, 0.717) is 0 Å². The molecule has 6 heteroatoms. The maximum Gasteiger partial charge on any atom is 0.323 e. The van der Waals surface area contributed by atoms with Crippen LogP contribution in [0, 0.1) is 5.41 Å².